The SMILES string of the molecule is CCOCc1[nH]c2c(N)nc3ccccc3c2[n+]1CC(C)(C)O.CCOCc1[nH]c2c(N)nc3ccccc3c2[n+]1CC(C)(C)O.CN=P(C)(Oc1ccc(C(=O)[O-])cc1)Oc1ccc(C(=O)[O-])cc1.CN=P(C)(Oc1ccc(CCC(=O)[O-])cc1)Oc1ccc(CCC(=O)[O-])cc1.[Na+].[Na+]. The number of aromatic amines is 2. The number of carboxylic acid groups (broad SMARTS) is 4. The van der Waals surface area contributed by atoms with Crippen LogP contribution in [0.1, 0.15) is 97.9 Å². The number of hydrogen-bond acceptors (Lipinski definition) is 22. The summed E-state index contributed by atoms with van der Waals surface area (Å²) in [6.45, 7) is 17.5. The number of pyridine rings is 2. The number of carbonyl (C=O) groups excluding carboxylic acids is 4. The van der Waals surface area contributed by atoms with E-state index in [0.29, 0.717) is 87.0 Å². The molecule has 0 saturated heterocycles. The fourth-order valence-corrected chi connectivity index (χ4v) is 12.3. The zero-order chi connectivity index (χ0) is 71.5. The number of hydrogen-bond donors (Lipinski definition) is 6. The quantitative estimate of drug-likeness (QED) is 0.0247. The molecule has 0 atom stereocenters. The van der Waals surface area contributed by atoms with Gasteiger partial charge in [0.05, 0.1) is 44.9 Å². The normalized spacial score (nSPS) is 11.3. The van der Waals surface area contributed by atoms with Gasteiger partial charge in [0, 0.05) is 52.6 Å². The Labute approximate surface area is 624 Å². The van der Waals surface area contributed by atoms with E-state index in [9.17, 15) is 49.8 Å². The van der Waals surface area contributed by atoms with Gasteiger partial charge in [-0.05, 0) is 187 Å². The van der Waals surface area contributed by atoms with Gasteiger partial charge in [0.1, 0.15) is 49.3 Å². The zero-order valence-corrected chi connectivity index (χ0v) is 64.1. The zero-order valence-electron chi connectivity index (χ0n) is 58.3. The van der Waals surface area contributed by atoms with Crippen LogP contribution in [0.2, 0.25) is 0 Å². The third-order valence-electron chi connectivity index (χ3n) is 14.6. The van der Waals surface area contributed by atoms with Crippen molar-refractivity contribution in [1.29, 1.82) is 0 Å². The number of anilines is 2. The number of carbonyl (C=O) groups is 4. The molecule has 0 bridgehead atoms. The summed E-state index contributed by atoms with van der Waals surface area (Å²) in [5.41, 5.74) is 17.5. The predicted molar refractivity (Wildman–Crippen MR) is 366 cm³/mol. The van der Waals surface area contributed by atoms with Crippen molar-refractivity contribution in [2.45, 2.75) is 105 Å². The van der Waals surface area contributed by atoms with E-state index in [2.05, 4.69) is 29.4 Å². The molecular weight excluding hydrogens is 1340 g/mol. The molecule has 0 spiro atoms. The fourth-order valence-electron chi connectivity index (χ4n) is 9.89. The molecule has 8 N–H and O–H groups in total. The van der Waals surface area contributed by atoms with Crippen molar-refractivity contribution in [1.82, 2.24) is 19.9 Å². The van der Waals surface area contributed by atoms with E-state index in [0.717, 1.165) is 66.6 Å². The van der Waals surface area contributed by atoms with Crippen LogP contribution >= 0.6 is 15.0 Å². The number of nitrogens with zero attached hydrogens (tertiary/aromatic N) is 6. The van der Waals surface area contributed by atoms with Crippen LogP contribution in [0.25, 0.3) is 43.9 Å². The van der Waals surface area contributed by atoms with Gasteiger partial charge in [0.2, 0.25) is 11.0 Å². The number of para-hydroxylation sites is 2. The molecule has 0 saturated carbocycles. The first-order valence-electron chi connectivity index (χ1n) is 31.2. The molecule has 0 aliphatic carbocycles. The summed E-state index contributed by atoms with van der Waals surface area (Å²) in [7, 11) is -2.08. The molecule has 0 fully saturated rings. The smallest absolute Gasteiger partial charge is 0.550 e. The van der Waals surface area contributed by atoms with Crippen LogP contribution < -0.4 is 118 Å². The Bertz CT molecular complexity index is 4250. The number of fused-ring (bicyclic) bond motifs is 6. The van der Waals surface area contributed by atoms with E-state index in [1.165, 1.54) is 48.5 Å². The van der Waals surface area contributed by atoms with Crippen molar-refractivity contribution >= 4 is 94.4 Å². The van der Waals surface area contributed by atoms with Crippen molar-refractivity contribution in [2.75, 3.05) is 52.1 Å². The third-order valence-corrected chi connectivity index (χ3v) is 18.2. The van der Waals surface area contributed by atoms with Gasteiger partial charge < -0.3 is 88.9 Å². The van der Waals surface area contributed by atoms with Crippen LogP contribution in [0.4, 0.5) is 11.6 Å². The Morgan fingerprint density at radius 1 is 0.510 bits per heavy atom. The van der Waals surface area contributed by atoms with Crippen LogP contribution in [0, 0.1) is 0 Å². The standard InChI is InChI=1S/C20H24NO6P.2C17H22N4O2.C16H16NO6P.2Na/c1-21-28(2,26-17-9-3-15(4-10-17)7-13-19(22)23)27-18-11-5-16(6-12-18)8-14-20(24)25;2*1-4-23-9-13-20-14-15(21(13)10-17(2,3)22)11-7-5-6-8-12(11)19-16(14)18;1-17-24(2,22-13-7-3-11(4-8-13)15(18)19)23-14-9-5-12(6-10-14)16(20)21;;/h3-6,9-12H,7-8,13-14H2,1-2H3,(H,22,23)(H,24,25);2*5-8,22H,4,9-10H2,1-3H3,(H2,18,19);3-10H,1-2H3,(H,18,19)(H,20,21);;/q;;;;2*+1/p-2. The van der Waals surface area contributed by atoms with Gasteiger partial charge in [-0.2, -0.15) is 0 Å². The number of H-pyrrole nitrogens is 2. The van der Waals surface area contributed by atoms with Gasteiger partial charge >= 0.3 is 74.1 Å². The molecule has 0 aliphatic rings. The maximum Gasteiger partial charge on any atom is 1.00 e. The van der Waals surface area contributed by atoms with Crippen LogP contribution in [-0.2, 0) is 58.2 Å². The number of aliphatic hydroxyl groups is 2. The molecule has 0 unspecified atom stereocenters. The van der Waals surface area contributed by atoms with Crippen molar-refractivity contribution in [2.24, 2.45) is 9.49 Å². The average molecular weight is 1430 g/mol. The summed E-state index contributed by atoms with van der Waals surface area (Å²) in [5, 5.41) is 65.2. The van der Waals surface area contributed by atoms with Crippen LogP contribution in [0.5, 0.6) is 23.0 Å². The molecule has 4 aromatic heterocycles. The van der Waals surface area contributed by atoms with Crippen LogP contribution in [0.3, 0.4) is 0 Å². The molecule has 520 valence electrons. The van der Waals surface area contributed by atoms with E-state index >= 15 is 0 Å². The Morgan fingerprint density at radius 3 is 1.08 bits per heavy atom. The molecule has 0 amide bonds. The van der Waals surface area contributed by atoms with E-state index in [-0.39, 0.29) is 83.1 Å². The maximum absolute atomic E-state index is 10.7. The first-order chi connectivity index (χ1) is 46.4. The van der Waals surface area contributed by atoms with Crippen molar-refractivity contribution in [3.63, 3.8) is 0 Å². The number of carboxylic acids is 4. The number of ether oxygens (including phenoxy) is 2. The largest absolute Gasteiger partial charge is 1.00 e. The number of rotatable bonds is 26. The molecule has 26 nitrogen and oxygen atoms in total. The molecule has 4 heterocycles. The second-order valence-corrected chi connectivity index (χ2v) is 28.5. The molecule has 30 heteroatoms. The Morgan fingerprint density at radius 2 is 0.810 bits per heavy atom. The summed E-state index contributed by atoms with van der Waals surface area (Å²) in [6, 6.07) is 41.3. The Hall–Kier alpha value is -7.94. The predicted octanol–water partition coefficient (Wildman–Crippen LogP) is 0.757. The van der Waals surface area contributed by atoms with Crippen LogP contribution in [0.15, 0.2) is 155 Å². The number of aromatic carboxylic acids is 2. The van der Waals surface area contributed by atoms with Gasteiger partial charge in [0.15, 0.2) is 22.7 Å². The summed E-state index contributed by atoms with van der Waals surface area (Å²) in [6.07, 6.45) is 0.733. The number of benzene rings is 6. The average Bonchev–Trinajstić information content (AvgIpc) is 1.65. The summed E-state index contributed by atoms with van der Waals surface area (Å²) in [4.78, 5) is 58.1. The third kappa shape index (κ3) is 24.1. The van der Waals surface area contributed by atoms with Gasteiger partial charge in [-0.1, -0.05) is 48.5 Å². The Kier molecular flexibility index (Phi) is 31.1. The van der Waals surface area contributed by atoms with E-state index in [4.69, 9.17) is 39.0 Å². The number of aromatic nitrogens is 6. The summed E-state index contributed by atoms with van der Waals surface area (Å²) in [5.74, 6) is -0.133. The Balaban J connectivity index is 0.000000239. The van der Waals surface area contributed by atoms with E-state index < -0.39 is 50.1 Å². The fraction of sp³-hybridized carbons (Fsp3) is 0.314. The minimum absolute atomic E-state index is 0. The maximum atomic E-state index is 10.7. The van der Waals surface area contributed by atoms with Gasteiger partial charge in [0.25, 0.3) is 11.6 Å². The monoisotopic (exact) mass is 1430 g/mol. The minimum atomic E-state index is -2.67. The number of nitrogens with one attached hydrogen (secondary N) is 2. The molecule has 6 aromatic carbocycles. The minimum Gasteiger partial charge on any atom is -0.550 e. The van der Waals surface area contributed by atoms with Crippen molar-refractivity contribution in [3.05, 3.63) is 179 Å². The van der Waals surface area contributed by atoms with Crippen molar-refractivity contribution in [3.8, 4) is 23.0 Å². The molecular formula is C70H82N10Na2O16P2. The number of nitrogens with two attached hydrogens (primary N) is 2. The molecule has 10 rings (SSSR count). The van der Waals surface area contributed by atoms with E-state index in [1.54, 1.807) is 104 Å². The molecule has 0 radical (unpaired) electrons. The number of aryl methyl sites for hydroxylation is 2. The van der Waals surface area contributed by atoms with Gasteiger partial charge in [-0.15, -0.1) is 0 Å². The first kappa shape index (κ1) is 82.7. The first-order valence-corrected chi connectivity index (χ1v) is 35.2. The van der Waals surface area contributed by atoms with Gasteiger partial charge in [-0.3, -0.25) is 0 Å². The molecule has 10 aromatic rings. The topological polar surface area (TPSA) is 398 Å². The number of imidazole rings is 2. The van der Waals surface area contributed by atoms with Gasteiger partial charge in [-0.25, -0.2) is 38.6 Å². The molecule has 100 heavy (non-hydrogen) atoms. The summed E-state index contributed by atoms with van der Waals surface area (Å²) >= 11 is 0. The van der Waals surface area contributed by atoms with Crippen LogP contribution in [-0.4, -0.2) is 106 Å². The van der Waals surface area contributed by atoms with Crippen molar-refractivity contribution < 1.29 is 146 Å². The number of aliphatic carboxylic acids is 2. The summed E-state index contributed by atoms with van der Waals surface area (Å²) < 4.78 is 47.0. The second kappa shape index (κ2) is 37.6. The van der Waals surface area contributed by atoms with E-state index in [1.807, 2.05) is 71.5 Å². The second-order valence-electron chi connectivity index (χ2n) is 23.7. The number of nitrogen functional groups attached to an aromatic ring is 2. The molecule has 0 aliphatic heterocycles.